The monoisotopic (exact) mass is 588 g/mol. The third-order valence-electron chi connectivity index (χ3n) is 4.06. The number of pyridine rings is 2. The molecule has 0 radical (unpaired) electrons. The van der Waals surface area contributed by atoms with Crippen LogP contribution in [0, 0.1) is 20.5 Å². The summed E-state index contributed by atoms with van der Waals surface area (Å²) >= 11 is 0. The molecule has 3 N–H and O–H groups in total. The Labute approximate surface area is 219 Å². The van der Waals surface area contributed by atoms with Gasteiger partial charge >= 0.3 is 19.5 Å². The topological polar surface area (TPSA) is 250 Å². The molecule has 17 heteroatoms. The van der Waals surface area contributed by atoms with E-state index >= 15 is 0 Å². The van der Waals surface area contributed by atoms with Gasteiger partial charge < -0.3 is 20.9 Å². The molecule has 3 rings (SSSR count). The molecule has 2 aromatic rings. The van der Waals surface area contributed by atoms with Gasteiger partial charge in [0.15, 0.2) is 0 Å². The number of aromatic nitrogens is 2. The first-order valence-electron chi connectivity index (χ1n) is 9.92. The molecule has 2 aromatic heterocycles. The van der Waals surface area contributed by atoms with Crippen molar-refractivity contribution in [3.8, 4) is 11.4 Å². The SMILES string of the molecule is [O-][Cl+3]([O-])([O-])[O-].[O-][Cl+3]([O-])([O-])[O-].[Zn+2].c1ccc(-c2cccc(N3CCNCCNCCNCC3)n2)nc1. The predicted molar refractivity (Wildman–Crippen MR) is 98.3 cm³/mol. The zero-order valence-electron chi connectivity index (χ0n) is 18.8. The second-order valence-corrected chi connectivity index (χ2v) is 8.10. The summed E-state index contributed by atoms with van der Waals surface area (Å²) in [6.07, 6.45) is 1.81. The average molecular weight is 591 g/mol. The molecule has 35 heavy (non-hydrogen) atoms. The van der Waals surface area contributed by atoms with E-state index in [-0.39, 0.29) is 19.5 Å². The van der Waals surface area contributed by atoms with E-state index in [0.717, 1.165) is 69.6 Å². The van der Waals surface area contributed by atoms with Crippen molar-refractivity contribution in [2.75, 3.05) is 57.3 Å². The Kier molecular flexibility index (Phi) is 17.6. The number of hydrogen-bond donors (Lipinski definition) is 3. The fourth-order valence-electron chi connectivity index (χ4n) is 2.75. The van der Waals surface area contributed by atoms with Gasteiger partial charge in [0.05, 0.1) is 11.4 Å². The van der Waals surface area contributed by atoms with Crippen LogP contribution in [0.1, 0.15) is 0 Å². The molecule has 0 bridgehead atoms. The minimum absolute atomic E-state index is 0. The average Bonchev–Trinajstić information content (AvgIpc) is 2.73. The van der Waals surface area contributed by atoms with Gasteiger partial charge in [0.1, 0.15) is 5.82 Å². The number of anilines is 1. The summed E-state index contributed by atoms with van der Waals surface area (Å²) in [5, 5.41) is 10.4. The van der Waals surface area contributed by atoms with Crippen LogP contribution in [-0.2, 0) is 19.5 Å². The zero-order valence-corrected chi connectivity index (χ0v) is 23.2. The summed E-state index contributed by atoms with van der Waals surface area (Å²) in [4.78, 5) is 11.6. The molecule has 0 amide bonds. The fourth-order valence-corrected chi connectivity index (χ4v) is 2.75. The molecular formula is C18H26Cl2N6O8Zn. The van der Waals surface area contributed by atoms with Crippen LogP contribution in [0.3, 0.4) is 0 Å². The molecule has 1 aliphatic heterocycles. The van der Waals surface area contributed by atoms with Crippen molar-refractivity contribution in [2.45, 2.75) is 0 Å². The Balaban J connectivity index is 0.000000894. The smallest absolute Gasteiger partial charge is 0.354 e. The molecule has 0 unspecified atom stereocenters. The fraction of sp³-hybridized carbons (Fsp3) is 0.444. The number of hydrogen-bond acceptors (Lipinski definition) is 14. The van der Waals surface area contributed by atoms with E-state index < -0.39 is 20.5 Å². The Bertz CT molecular complexity index is 769. The molecule has 0 spiro atoms. The summed E-state index contributed by atoms with van der Waals surface area (Å²) in [7, 11) is -9.89. The van der Waals surface area contributed by atoms with Crippen LogP contribution in [0.15, 0.2) is 42.6 Å². The van der Waals surface area contributed by atoms with Crippen molar-refractivity contribution in [1.29, 1.82) is 0 Å². The Morgan fingerprint density at radius 1 is 0.629 bits per heavy atom. The Morgan fingerprint density at radius 3 is 1.54 bits per heavy atom. The predicted octanol–water partition coefficient (Wildman–Crippen LogP) is -8.78. The van der Waals surface area contributed by atoms with Crippen LogP contribution in [0.4, 0.5) is 5.82 Å². The standard InChI is InChI=1S/C18H26N6.2ClHO4.Zn/c1-2-7-22-16(4-1)17-5-3-6-18(23-17)24-14-12-20-10-8-19-9-11-21-13-15-24;2*2-1(3,4)5;/h1-7,19-21H,8-15H2;2*(H,2,3,4,5);/q;;;+2/p-2. The van der Waals surface area contributed by atoms with Gasteiger partial charge in [0.2, 0.25) is 0 Å². The third kappa shape index (κ3) is 20.7. The maximum Gasteiger partial charge on any atom is 2.00 e. The normalized spacial score (nSPS) is 15.6. The van der Waals surface area contributed by atoms with Gasteiger partial charge in [-0.05, 0) is 24.3 Å². The molecule has 0 aliphatic carbocycles. The van der Waals surface area contributed by atoms with Crippen LogP contribution in [-0.4, -0.2) is 62.3 Å². The number of rotatable bonds is 2. The van der Waals surface area contributed by atoms with Gasteiger partial charge in [0.25, 0.3) is 0 Å². The van der Waals surface area contributed by atoms with E-state index in [1.165, 1.54) is 0 Å². The van der Waals surface area contributed by atoms with Gasteiger partial charge in [-0.15, -0.1) is 20.5 Å². The molecule has 1 saturated heterocycles. The second kappa shape index (κ2) is 18.2. The van der Waals surface area contributed by atoms with Crippen molar-refractivity contribution in [3.05, 3.63) is 42.6 Å². The van der Waals surface area contributed by atoms with Crippen molar-refractivity contribution < 1.29 is 77.2 Å². The maximum absolute atomic E-state index is 8.49. The minimum Gasteiger partial charge on any atom is -0.354 e. The minimum atomic E-state index is -4.94. The first kappa shape index (κ1) is 33.9. The quantitative estimate of drug-likeness (QED) is 0.275. The largest absolute Gasteiger partial charge is 2.00 e. The summed E-state index contributed by atoms with van der Waals surface area (Å²) in [6, 6.07) is 12.1. The van der Waals surface area contributed by atoms with Gasteiger partial charge in [-0.25, -0.2) is 42.3 Å². The zero-order chi connectivity index (χ0) is 25.5. The molecule has 1 fully saturated rings. The third-order valence-corrected chi connectivity index (χ3v) is 4.06. The molecule has 0 aromatic carbocycles. The summed E-state index contributed by atoms with van der Waals surface area (Å²) < 4.78 is 67.9. The molecule has 0 saturated carbocycles. The maximum atomic E-state index is 8.49. The molecule has 1 aliphatic rings. The summed E-state index contributed by atoms with van der Waals surface area (Å²) in [5.41, 5.74) is 1.83. The van der Waals surface area contributed by atoms with Gasteiger partial charge in [-0.3, -0.25) is 4.98 Å². The summed E-state index contributed by atoms with van der Waals surface area (Å²) in [6.45, 7) is 7.81. The molecule has 3 heterocycles. The van der Waals surface area contributed by atoms with E-state index in [1.807, 2.05) is 30.5 Å². The molecular weight excluding hydrogens is 565 g/mol. The Hall–Kier alpha value is -1.14. The summed E-state index contributed by atoms with van der Waals surface area (Å²) in [5.74, 6) is 1.01. The van der Waals surface area contributed by atoms with Crippen molar-refractivity contribution in [3.63, 3.8) is 0 Å². The first-order chi connectivity index (χ1) is 15.9. The Morgan fingerprint density at radius 2 is 1.09 bits per heavy atom. The van der Waals surface area contributed by atoms with Gasteiger partial charge in [-0.2, -0.15) is 0 Å². The van der Waals surface area contributed by atoms with Crippen LogP contribution < -0.4 is 58.1 Å². The van der Waals surface area contributed by atoms with Crippen LogP contribution in [0.25, 0.3) is 11.4 Å². The number of halogens is 2. The van der Waals surface area contributed by atoms with Gasteiger partial charge in [0, 0.05) is 58.6 Å². The van der Waals surface area contributed by atoms with Gasteiger partial charge in [-0.1, -0.05) is 12.1 Å². The molecule has 0 atom stereocenters. The number of nitrogens with zero attached hydrogens (tertiary/aromatic N) is 3. The van der Waals surface area contributed by atoms with Crippen LogP contribution in [0.2, 0.25) is 0 Å². The van der Waals surface area contributed by atoms with E-state index in [2.05, 4.69) is 38.0 Å². The van der Waals surface area contributed by atoms with Crippen molar-refractivity contribution in [1.82, 2.24) is 25.9 Å². The van der Waals surface area contributed by atoms with Crippen LogP contribution in [0.5, 0.6) is 0 Å². The van der Waals surface area contributed by atoms with E-state index in [0.29, 0.717) is 0 Å². The van der Waals surface area contributed by atoms with E-state index in [1.54, 1.807) is 0 Å². The van der Waals surface area contributed by atoms with Crippen molar-refractivity contribution >= 4 is 5.82 Å². The first-order valence-corrected chi connectivity index (χ1v) is 12.4. The van der Waals surface area contributed by atoms with E-state index in [9.17, 15) is 0 Å². The van der Waals surface area contributed by atoms with Crippen molar-refractivity contribution in [2.24, 2.45) is 0 Å². The second-order valence-electron chi connectivity index (χ2n) is 6.59. The molecule has 14 nitrogen and oxygen atoms in total. The van der Waals surface area contributed by atoms with E-state index in [4.69, 9.17) is 42.3 Å². The molecule has 192 valence electrons. The number of nitrogens with one attached hydrogen (secondary N) is 3. The van der Waals surface area contributed by atoms with Crippen LogP contribution >= 0.6 is 0 Å².